The van der Waals surface area contributed by atoms with Crippen molar-refractivity contribution in [3.8, 4) is 0 Å². The molecule has 0 rings (SSSR count). The van der Waals surface area contributed by atoms with E-state index < -0.39 is 5.60 Å². The Morgan fingerprint density at radius 3 is 1.61 bits per heavy atom. The van der Waals surface area contributed by atoms with Crippen LogP contribution in [-0.2, 0) is 14.3 Å². The molecule has 0 saturated carbocycles. The molecule has 0 aliphatic heterocycles. The van der Waals surface area contributed by atoms with E-state index in [1.807, 2.05) is 20.8 Å². The van der Waals surface area contributed by atoms with Gasteiger partial charge in [0.25, 0.3) is 0 Å². The zero-order valence-corrected chi connectivity index (χ0v) is 13.0. The first-order chi connectivity index (χ1) is 8.53. The van der Waals surface area contributed by atoms with Crippen LogP contribution in [0.25, 0.3) is 0 Å². The van der Waals surface area contributed by atoms with Crippen LogP contribution in [0.2, 0.25) is 0 Å². The molecule has 0 bridgehead atoms. The predicted molar refractivity (Wildman–Crippen MR) is 74.6 cm³/mol. The summed E-state index contributed by atoms with van der Waals surface area (Å²) in [5.41, 5.74) is -0.931. The third-order valence-corrected chi connectivity index (χ3v) is 4.38. The number of carbonyl (C=O) groups excluding carboxylic acids is 1. The monoisotopic (exact) mass is 258 g/mol. The van der Waals surface area contributed by atoms with E-state index in [1.54, 1.807) is 0 Å². The van der Waals surface area contributed by atoms with Crippen molar-refractivity contribution in [1.29, 1.82) is 0 Å². The standard InChI is InChI=1S/C15H30O3/c1-7-14(8-2,9-3)15(10-4,18-12-6)13(16)17-11-5/h7-12H2,1-6H3. The smallest absolute Gasteiger partial charge is 0.338 e. The predicted octanol–water partition coefficient (Wildman–Crippen LogP) is 3.95. The Bertz CT molecular complexity index is 238. The van der Waals surface area contributed by atoms with Crippen molar-refractivity contribution in [2.24, 2.45) is 5.41 Å². The Morgan fingerprint density at radius 2 is 1.33 bits per heavy atom. The number of ether oxygens (including phenoxy) is 2. The van der Waals surface area contributed by atoms with Crippen LogP contribution >= 0.6 is 0 Å². The van der Waals surface area contributed by atoms with Crippen LogP contribution in [0.3, 0.4) is 0 Å². The van der Waals surface area contributed by atoms with Gasteiger partial charge in [-0.25, -0.2) is 4.79 Å². The zero-order chi connectivity index (χ0) is 14.2. The second kappa shape index (κ2) is 7.78. The Hall–Kier alpha value is -0.570. The van der Waals surface area contributed by atoms with Gasteiger partial charge in [0, 0.05) is 12.0 Å². The molecule has 108 valence electrons. The molecule has 0 spiro atoms. The topological polar surface area (TPSA) is 35.5 Å². The lowest BCUT2D eigenvalue weighted by molar-refractivity contribution is -0.197. The fourth-order valence-electron chi connectivity index (χ4n) is 3.15. The second-order valence-corrected chi connectivity index (χ2v) is 4.68. The minimum Gasteiger partial charge on any atom is -0.464 e. The molecule has 0 saturated heterocycles. The van der Waals surface area contributed by atoms with Crippen molar-refractivity contribution in [2.75, 3.05) is 13.2 Å². The van der Waals surface area contributed by atoms with Crippen LogP contribution < -0.4 is 0 Å². The minimum absolute atomic E-state index is 0.135. The first kappa shape index (κ1) is 17.4. The number of rotatable bonds is 9. The van der Waals surface area contributed by atoms with Crippen LogP contribution in [0.5, 0.6) is 0 Å². The van der Waals surface area contributed by atoms with Gasteiger partial charge in [-0.15, -0.1) is 0 Å². The summed E-state index contributed by atoms with van der Waals surface area (Å²) < 4.78 is 11.3. The Morgan fingerprint density at radius 1 is 0.833 bits per heavy atom. The zero-order valence-electron chi connectivity index (χ0n) is 13.0. The number of hydrogen-bond donors (Lipinski definition) is 0. The largest absolute Gasteiger partial charge is 0.464 e. The van der Waals surface area contributed by atoms with Gasteiger partial charge in [0.2, 0.25) is 0 Å². The SMILES string of the molecule is CCOC(=O)C(CC)(OCC)C(CC)(CC)CC. The lowest BCUT2D eigenvalue weighted by Crippen LogP contribution is -2.56. The molecule has 0 fully saturated rings. The van der Waals surface area contributed by atoms with Crippen LogP contribution in [0.15, 0.2) is 0 Å². The highest BCUT2D eigenvalue weighted by molar-refractivity contribution is 5.81. The van der Waals surface area contributed by atoms with Crippen molar-refractivity contribution in [2.45, 2.75) is 72.8 Å². The van der Waals surface area contributed by atoms with E-state index in [1.165, 1.54) is 0 Å². The third kappa shape index (κ3) is 2.87. The summed E-state index contributed by atoms with van der Waals surface area (Å²) in [6.07, 6.45) is 3.43. The molecule has 3 nitrogen and oxygen atoms in total. The van der Waals surface area contributed by atoms with Gasteiger partial charge < -0.3 is 9.47 Å². The Labute approximate surface area is 112 Å². The van der Waals surface area contributed by atoms with Gasteiger partial charge in [0.15, 0.2) is 5.60 Å². The van der Waals surface area contributed by atoms with Crippen molar-refractivity contribution in [3.05, 3.63) is 0 Å². The molecule has 0 aromatic heterocycles. The summed E-state index contributed by atoms with van der Waals surface area (Å²) in [6, 6.07) is 0. The summed E-state index contributed by atoms with van der Waals surface area (Å²) in [4.78, 5) is 12.5. The second-order valence-electron chi connectivity index (χ2n) is 4.68. The molecule has 0 N–H and O–H groups in total. The van der Waals surface area contributed by atoms with E-state index in [4.69, 9.17) is 9.47 Å². The maximum absolute atomic E-state index is 12.5. The summed E-state index contributed by atoms with van der Waals surface area (Å²) in [5.74, 6) is -0.195. The average Bonchev–Trinajstić information content (AvgIpc) is 2.40. The van der Waals surface area contributed by atoms with Gasteiger partial charge in [-0.3, -0.25) is 0 Å². The molecule has 1 unspecified atom stereocenters. The molecule has 1 atom stereocenters. The van der Waals surface area contributed by atoms with E-state index in [0.29, 0.717) is 19.6 Å². The molecular formula is C15H30O3. The van der Waals surface area contributed by atoms with Gasteiger partial charge in [-0.05, 0) is 39.5 Å². The number of esters is 1. The highest BCUT2D eigenvalue weighted by atomic mass is 16.6. The van der Waals surface area contributed by atoms with Gasteiger partial charge >= 0.3 is 5.97 Å². The summed E-state index contributed by atoms with van der Waals surface area (Å²) in [6.45, 7) is 13.1. The van der Waals surface area contributed by atoms with Crippen LogP contribution in [0.1, 0.15) is 67.2 Å². The fourth-order valence-corrected chi connectivity index (χ4v) is 3.15. The average molecular weight is 258 g/mol. The van der Waals surface area contributed by atoms with Crippen LogP contribution in [0.4, 0.5) is 0 Å². The highest BCUT2D eigenvalue weighted by Crippen LogP contribution is 2.46. The fraction of sp³-hybridized carbons (Fsp3) is 0.933. The van der Waals surface area contributed by atoms with Crippen LogP contribution in [0, 0.1) is 5.41 Å². The van der Waals surface area contributed by atoms with Gasteiger partial charge in [0.05, 0.1) is 6.61 Å². The quantitative estimate of drug-likeness (QED) is 0.587. The normalized spacial score (nSPS) is 15.2. The van der Waals surface area contributed by atoms with Crippen molar-refractivity contribution in [3.63, 3.8) is 0 Å². The lowest BCUT2D eigenvalue weighted by atomic mass is 9.64. The first-order valence-electron chi connectivity index (χ1n) is 7.35. The van der Waals surface area contributed by atoms with E-state index in [-0.39, 0.29) is 11.4 Å². The van der Waals surface area contributed by atoms with Crippen molar-refractivity contribution in [1.82, 2.24) is 0 Å². The maximum atomic E-state index is 12.5. The molecule has 0 radical (unpaired) electrons. The van der Waals surface area contributed by atoms with Crippen molar-refractivity contribution < 1.29 is 14.3 Å². The number of hydrogen-bond acceptors (Lipinski definition) is 3. The molecular weight excluding hydrogens is 228 g/mol. The minimum atomic E-state index is -0.796. The van der Waals surface area contributed by atoms with Gasteiger partial charge in [-0.2, -0.15) is 0 Å². The molecule has 0 amide bonds. The van der Waals surface area contributed by atoms with Gasteiger partial charge in [0.1, 0.15) is 0 Å². The Balaban J connectivity index is 5.59. The van der Waals surface area contributed by atoms with Gasteiger partial charge in [-0.1, -0.05) is 27.7 Å². The van der Waals surface area contributed by atoms with E-state index in [2.05, 4.69) is 20.8 Å². The first-order valence-corrected chi connectivity index (χ1v) is 7.35. The van der Waals surface area contributed by atoms with E-state index >= 15 is 0 Å². The molecule has 0 aromatic rings. The summed E-state index contributed by atoms with van der Waals surface area (Å²) in [5, 5.41) is 0. The maximum Gasteiger partial charge on any atom is 0.338 e. The summed E-state index contributed by atoms with van der Waals surface area (Å²) in [7, 11) is 0. The molecule has 0 aliphatic carbocycles. The van der Waals surface area contributed by atoms with E-state index in [0.717, 1.165) is 19.3 Å². The van der Waals surface area contributed by atoms with Crippen molar-refractivity contribution >= 4 is 5.97 Å². The summed E-state index contributed by atoms with van der Waals surface area (Å²) >= 11 is 0. The van der Waals surface area contributed by atoms with E-state index in [9.17, 15) is 4.79 Å². The molecule has 0 aromatic carbocycles. The molecule has 3 heteroatoms. The third-order valence-electron chi connectivity index (χ3n) is 4.38. The lowest BCUT2D eigenvalue weighted by Gasteiger charge is -2.47. The van der Waals surface area contributed by atoms with Crippen LogP contribution in [-0.4, -0.2) is 24.8 Å². The highest BCUT2D eigenvalue weighted by Gasteiger charge is 2.54. The molecule has 18 heavy (non-hydrogen) atoms. The molecule has 0 aliphatic rings. The molecule has 0 heterocycles. The number of carbonyl (C=O) groups is 1. The Kier molecular flexibility index (Phi) is 7.53.